The fraction of sp³-hybridized carbons (Fsp3) is 0.444. The van der Waals surface area contributed by atoms with Gasteiger partial charge in [-0.25, -0.2) is 4.57 Å². The Kier molecular flexibility index (Phi) is 5.76. The highest BCUT2D eigenvalue weighted by Crippen LogP contribution is 2.38. The van der Waals surface area contributed by atoms with Gasteiger partial charge in [0.15, 0.2) is 0 Å². The van der Waals surface area contributed by atoms with Gasteiger partial charge in [-0.15, -0.1) is 0 Å². The molecule has 0 atom stereocenters. The molecule has 0 saturated heterocycles. The molecule has 2 heteroatoms. The van der Waals surface area contributed by atoms with E-state index in [1.54, 1.807) is 0 Å². The van der Waals surface area contributed by atoms with E-state index >= 15 is 0 Å². The van der Waals surface area contributed by atoms with Crippen molar-refractivity contribution in [3.8, 4) is 17.1 Å². The molecule has 0 radical (unpaired) electrons. The Hall–Kier alpha value is -2.35. The van der Waals surface area contributed by atoms with E-state index in [0.29, 0.717) is 11.8 Å². The Morgan fingerprint density at radius 1 is 0.931 bits per heavy atom. The quantitative estimate of drug-likeness (QED) is 0.433. The second-order valence-electron chi connectivity index (χ2n) is 9.98. The zero-order chi connectivity index (χ0) is 21.5. The molecule has 3 aromatic rings. The van der Waals surface area contributed by atoms with Gasteiger partial charge in [-0.1, -0.05) is 78.8 Å². The minimum Gasteiger partial charge on any atom is -0.232 e. The van der Waals surface area contributed by atoms with Crippen molar-refractivity contribution in [3.63, 3.8) is 0 Å². The SMILES string of the molecule is Cc1ccccc1-c1n(-c2c(C(C)C)cc(C(C)C)cc2C(C)(C)C)cc[n+]1C. The van der Waals surface area contributed by atoms with Crippen molar-refractivity contribution in [1.29, 1.82) is 0 Å². The Morgan fingerprint density at radius 2 is 1.59 bits per heavy atom. The smallest absolute Gasteiger partial charge is 0.232 e. The van der Waals surface area contributed by atoms with Gasteiger partial charge in [0.25, 0.3) is 5.82 Å². The fourth-order valence-corrected chi connectivity index (χ4v) is 4.10. The number of imidazole rings is 1. The lowest BCUT2D eigenvalue weighted by molar-refractivity contribution is -0.659. The van der Waals surface area contributed by atoms with Crippen LogP contribution in [-0.2, 0) is 12.5 Å². The molecule has 0 spiro atoms. The Morgan fingerprint density at radius 3 is 2.14 bits per heavy atom. The molecule has 1 heterocycles. The van der Waals surface area contributed by atoms with Crippen molar-refractivity contribution in [2.24, 2.45) is 7.05 Å². The highest BCUT2D eigenvalue weighted by Gasteiger charge is 2.30. The van der Waals surface area contributed by atoms with E-state index in [9.17, 15) is 0 Å². The summed E-state index contributed by atoms with van der Waals surface area (Å²) in [4.78, 5) is 0. The maximum atomic E-state index is 2.44. The maximum absolute atomic E-state index is 2.44. The molecule has 0 amide bonds. The first-order chi connectivity index (χ1) is 13.5. The molecule has 0 saturated carbocycles. The van der Waals surface area contributed by atoms with Gasteiger partial charge in [0.2, 0.25) is 0 Å². The molecule has 154 valence electrons. The van der Waals surface area contributed by atoms with Gasteiger partial charge in [-0.05, 0) is 41.4 Å². The largest absolute Gasteiger partial charge is 0.294 e. The average molecular weight is 390 g/mol. The normalized spacial score (nSPS) is 12.2. The monoisotopic (exact) mass is 389 g/mol. The number of benzene rings is 2. The van der Waals surface area contributed by atoms with Gasteiger partial charge in [0.1, 0.15) is 18.1 Å². The predicted molar refractivity (Wildman–Crippen MR) is 124 cm³/mol. The number of hydrogen-bond donors (Lipinski definition) is 0. The van der Waals surface area contributed by atoms with Gasteiger partial charge >= 0.3 is 0 Å². The van der Waals surface area contributed by atoms with Gasteiger partial charge in [0, 0.05) is 11.1 Å². The van der Waals surface area contributed by atoms with E-state index < -0.39 is 0 Å². The molecule has 29 heavy (non-hydrogen) atoms. The minimum atomic E-state index is 0.0513. The van der Waals surface area contributed by atoms with Crippen molar-refractivity contribution in [3.05, 3.63) is 71.0 Å². The summed E-state index contributed by atoms with van der Waals surface area (Å²) in [5.41, 5.74) is 8.24. The molecule has 2 nitrogen and oxygen atoms in total. The molecule has 0 bridgehead atoms. The molecule has 1 aromatic heterocycles. The maximum Gasteiger partial charge on any atom is 0.294 e. The molecule has 0 aliphatic carbocycles. The summed E-state index contributed by atoms with van der Waals surface area (Å²) in [6.07, 6.45) is 4.40. The summed E-state index contributed by atoms with van der Waals surface area (Å²) in [5, 5.41) is 0. The van der Waals surface area contributed by atoms with Crippen molar-refractivity contribution >= 4 is 0 Å². The number of nitrogens with zero attached hydrogens (tertiary/aromatic N) is 2. The highest BCUT2D eigenvalue weighted by atomic mass is 15.1. The summed E-state index contributed by atoms with van der Waals surface area (Å²) >= 11 is 0. The van der Waals surface area contributed by atoms with Crippen molar-refractivity contribution < 1.29 is 4.57 Å². The molecule has 0 aliphatic heterocycles. The second kappa shape index (κ2) is 7.82. The van der Waals surface area contributed by atoms with Crippen LogP contribution in [0.5, 0.6) is 0 Å². The summed E-state index contributed by atoms with van der Waals surface area (Å²) in [5.74, 6) is 2.19. The van der Waals surface area contributed by atoms with Crippen LogP contribution in [0.4, 0.5) is 0 Å². The van der Waals surface area contributed by atoms with Crippen LogP contribution in [0.2, 0.25) is 0 Å². The topological polar surface area (TPSA) is 8.81 Å². The van der Waals surface area contributed by atoms with E-state index in [1.807, 2.05) is 0 Å². The summed E-state index contributed by atoms with van der Waals surface area (Å²) < 4.78 is 4.66. The van der Waals surface area contributed by atoms with E-state index in [1.165, 1.54) is 39.3 Å². The van der Waals surface area contributed by atoms with Crippen LogP contribution in [0.25, 0.3) is 17.1 Å². The van der Waals surface area contributed by atoms with Crippen molar-refractivity contribution in [2.45, 2.75) is 72.6 Å². The lowest BCUT2D eigenvalue weighted by Gasteiger charge is -2.27. The molecule has 0 fully saturated rings. The van der Waals surface area contributed by atoms with Crippen LogP contribution in [0.15, 0.2) is 48.8 Å². The lowest BCUT2D eigenvalue weighted by atomic mass is 9.80. The van der Waals surface area contributed by atoms with Crippen LogP contribution in [-0.4, -0.2) is 4.57 Å². The average Bonchev–Trinajstić information content (AvgIpc) is 3.01. The molecule has 3 rings (SSSR count). The third-order valence-electron chi connectivity index (χ3n) is 5.89. The molecular formula is C27H37N2+. The molecular weight excluding hydrogens is 352 g/mol. The summed E-state index contributed by atoms with van der Waals surface area (Å²) in [7, 11) is 2.15. The molecule has 2 aromatic carbocycles. The van der Waals surface area contributed by atoms with Gasteiger partial charge in [0.05, 0.1) is 12.6 Å². The molecule has 0 N–H and O–H groups in total. The van der Waals surface area contributed by atoms with E-state index in [2.05, 4.69) is 120 Å². The minimum absolute atomic E-state index is 0.0513. The van der Waals surface area contributed by atoms with Crippen LogP contribution < -0.4 is 4.57 Å². The Labute approximate surface area is 177 Å². The number of hydrogen-bond acceptors (Lipinski definition) is 0. The molecule has 0 unspecified atom stereocenters. The second-order valence-corrected chi connectivity index (χ2v) is 9.98. The van der Waals surface area contributed by atoms with E-state index in [-0.39, 0.29) is 5.41 Å². The van der Waals surface area contributed by atoms with Crippen LogP contribution in [0, 0.1) is 6.92 Å². The van der Waals surface area contributed by atoms with Crippen LogP contribution in [0.3, 0.4) is 0 Å². The zero-order valence-electron chi connectivity index (χ0n) is 19.7. The predicted octanol–water partition coefficient (Wildman–Crippen LogP) is 6.82. The van der Waals surface area contributed by atoms with Gasteiger partial charge in [-0.3, -0.25) is 0 Å². The van der Waals surface area contributed by atoms with Crippen LogP contribution in [0.1, 0.15) is 82.6 Å². The highest BCUT2D eigenvalue weighted by molar-refractivity contribution is 5.64. The Balaban J connectivity index is 2.43. The van der Waals surface area contributed by atoms with E-state index in [0.717, 1.165) is 0 Å². The first-order valence-corrected chi connectivity index (χ1v) is 10.8. The standard InChI is InChI=1S/C27H37N2/c1-18(2)21-16-23(19(3)4)25(24(17-21)27(6,7)8)29-15-14-28(9)26(29)22-13-11-10-12-20(22)5/h10-19H,1-9H3/q+1. The first kappa shape index (κ1) is 21.4. The zero-order valence-corrected chi connectivity index (χ0v) is 19.7. The number of rotatable bonds is 4. The Bertz CT molecular complexity index is 1010. The fourth-order valence-electron chi connectivity index (χ4n) is 4.10. The van der Waals surface area contributed by atoms with Crippen molar-refractivity contribution in [1.82, 2.24) is 4.57 Å². The third kappa shape index (κ3) is 4.03. The number of aryl methyl sites for hydroxylation is 2. The van der Waals surface area contributed by atoms with Crippen LogP contribution >= 0.6 is 0 Å². The van der Waals surface area contributed by atoms with Gasteiger partial charge < -0.3 is 0 Å². The van der Waals surface area contributed by atoms with Gasteiger partial charge in [-0.2, -0.15) is 4.57 Å². The molecule has 0 aliphatic rings. The van der Waals surface area contributed by atoms with Crippen molar-refractivity contribution in [2.75, 3.05) is 0 Å². The summed E-state index contributed by atoms with van der Waals surface area (Å²) in [6.45, 7) is 18.4. The third-order valence-corrected chi connectivity index (χ3v) is 5.89. The summed E-state index contributed by atoms with van der Waals surface area (Å²) in [6, 6.07) is 13.5. The number of aromatic nitrogens is 2. The van der Waals surface area contributed by atoms with E-state index in [4.69, 9.17) is 0 Å². The first-order valence-electron chi connectivity index (χ1n) is 10.8. The lowest BCUT2D eigenvalue weighted by Crippen LogP contribution is -2.30.